The van der Waals surface area contributed by atoms with E-state index in [2.05, 4.69) is 25.5 Å². The highest BCUT2D eigenvalue weighted by Gasteiger charge is 2.31. The van der Waals surface area contributed by atoms with Gasteiger partial charge in [0.05, 0.1) is 40.1 Å². The van der Waals surface area contributed by atoms with Crippen LogP contribution >= 0.6 is 0 Å². The van der Waals surface area contributed by atoms with Gasteiger partial charge >= 0.3 is 6.18 Å². The first-order valence-corrected chi connectivity index (χ1v) is 9.55. The van der Waals surface area contributed by atoms with Gasteiger partial charge in [-0.25, -0.2) is 19.3 Å². The molecule has 4 rings (SSSR count). The van der Waals surface area contributed by atoms with Gasteiger partial charge in [0.1, 0.15) is 12.7 Å². The van der Waals surface area contributed by atoms with Crippen molar-refractivity contribution in [1.82, 2.24) is 29.5 Å². The molecule has 3 aromatic heterocycles. The van der Waals surface area contributed by atoms with Gasteiger partial charge in [-0.2, -0.15) is 23.4 Å². The van der Waals surface area contributed by atoms with Crippen LogP contribution in [0.15, 0.2) is 55.2 Å². The highest BCUT2D eigenvalue weighted by atomic mass is 19.4. The molecule has 0 spiro atoms. The van der Waals surface area contributed by atoms with Gasteiger partial charge in [0.15, 0.2) is 5.82 Å². The van der Waals surface area contributed by atoms with E-state index in [-0.39, 0.29) is 28.3 Å². The standard InChI is InChI=1S/C21H16F3N7O2/c1-12-18(13(2)31(29-12)16-5-3-4-14(8-16)21(22,23)24)19(32)20(33)28-15-6-7-17(26-9-15)30-11-25-10-27-30/h3-11H,1-2H3,(H,28,33). The Balaban J connectivity index is 1.56. The van der Waals surface area contributed by atoms with Gasteiger partial charge in [-0.05, 0) is 44.2 Å². The van der Waals surface area contributed by atoms with Crippen LogP contribution in [0.4, 0.5) is 18.9 Å². The van der Waals surface area contributed by atoms with Gasteiger partial charge in [-0.15, -0.1) is 0 Å². The summed E-state index contributed by atoms with van der Waals surface area (Å²) in [5.74, 6) is -1.34. The average Bonchev–Trinajstić information content (AvgIpc) is 3.41. The van der Waals surface area contributed by atoms with Crippen molar-refractivity contribution in [1.29, 1.82) is 0 Å². The van der Waals surface area contributed by atoms with E-state index in [1.54, 1.807) is 12.1 Å². The molecule has 0 aliphatic rings. The fraction of sp³-hybridized carbons (Fsp3) is 0.143. The van der Waals surface area contributed by atoms with Crippen LogP contribution in [-0.4, -0.2) is 41.2 Å². The zero-order valence-corrected chi connectivity index (χ0v) is 17.3. The van der Waals surface area contributed by atoms with Crippen molar-refractivity contribution in [3.8, 4) is 11.5 Å². The van der Waals surface area contributed by atoms with Crippen LogP contribution < -0.4 is 5.32 Å². The quantitative estimate of drug-likeness (QED) is 0.366. The normalized spacial score (nSPS) is 11.4. The predicted molar refractivity (Wildman–Crippen MR) is 110 cm³/mol. The van der Waals surface area contributed by atoms with Gasteiger partial charge < -0.3 is 5.32 Å². The van der Waals surface area contributed by atoms with E-state index in [0.29, 0.717) is 5.82 Å². The van der Waals surface area contributed by atoms with Crippen LogP contribution in [0, 0.1) is 13.8 Å². The molecule has 0 radical (unpaired) electrons. The number of nitrogens with one attached hydrogen (secondary N) is 1. The summed E-state index contributed by atoms with van der Waals surface area (Å²) in [7, 11) is 0. The number of anilines is 1. The van der Waals surface area contributed by atoms with Crippen molar-refractivity contribution >= 4 is 17.4 Å². The molecule has 1 amide bonds. The third-order valence-corrected chi connectivity index (χ3v) is 4.80. The van der Waals surface area contributed by atoms with Crippen molar-refractivity contribution in [3.63, 3.8) is 0 Å². The molecule has 3 heterocycles. The number of carbonyl (C=O) groups excluding carboxylic acids is 2. The van der Waals surface area contributed by atoms with Crippen molar-refractivity contribution in [2.24, 2.45) is 0 Å². The molecule has 33 heavy (non-hydrogen) atoms. The smallest absolute Gasteiger partial charge is 0.318 e. The Bertz CT molecular complexity index is 1330. The number of nitrogens with zero attached hydrogens (tertiary/aromatic N) is 6. The summed E-state index contributed by atoms with van der Waals surface area (Å²) < 4.78 is 41.8. The topological polar surface area (TPSA) is 108 Å². The number of benzene rings is 1. The van der Waals surface area contributed by atoms with Gasteiger partial charge in [-0.3, -0.25) is 9.59 Å². The molecule has 4 aromatic rings. The monoisotopic (exact) mass is 455 g/mol. The summed E-state index contributed by atoms with van der Waals surface area (Å²) in [6.07, 6.45) is -0.367. The number of pyridine rings is 1. The lowest BCUT2D eigenvalue weighted by atomic mass is 10.1. The first kappa shape index (κ1) is 21.9. The lowest BCUT2D eigenvalue weighted by Gasteiger charge is -2.10. The predicted octanol–water partition coefficient (Wildman–Crippen LogP) is 3.31. The lowest BCUT2D eigenvalue weighted by Crippen LogP contribution is -2.24. The fourth-order valence-electron chi connectivity index (χ4n) is 3.26. The maximum atomic E-state index is 13.1. The number of ketones is 1. The van der Waals surface area contributed by atoms with Gasteiger partial charge in [0.2, 0.25) is 0 Å². The van der Waals surface area contributed by atoms with E-state index in [9.17, 15) is 22.8 Å². The van der Waals surface area contributed by atoms with Crippen molar-refractivity contribution in [3.05, 3.63) is 77.8 Å². The van der Waals surface area contributed by atoms with Crippen LogP contribution in [0.2, 0.25) is 0 Å². The summed E-state index contributed by atoms with van der Waals surface area (Å²) in [5, 5.41) is 10.6. The zero-order valence-electron chi connectivity index (χ0n) is 17.3. The highest BCUT2D eigenvalue weighted by molar-refractivity contribution is 6.47. The molecule has 0 saturated heterocycles. The molecule has 0 saturated carbocycles. The van der Waals surface area contributed by atoms with Crippen molar-refractivity contribution in [2.45, 2.75) is 20.0 Å². The third-order valence-electron chi connectivity index (χ3n) is 4.80. The number of carbonyl (C=O) groups is 2. The molecule has 0 aliphatic carbocycles. The van der Waals surface area contributed by atoms with Gasteiger partial charge in [0, 0.05) is 0 Å². The van der Waals surface area contributed by atoms with E-state index >= 15 is 0 Å². The summed E-state index contributed by atoms with van der Waals surface area (Å²) >= 11 is 0. The number of rotatable bonds is 5. The van der Waals surface area contributed by atoms with Crippen LogP contribution in [0.25, 0.3) is 11.5 Å². The van der Waals surface area contributed by atoms with E-state index < -0.39 is 23.4 Å². The molecule has 1 aromatic carbocycles. The van der Waals surface area contributed by atoms with E-state index in [0.717, 1.165) is 12.1 Å². The minimum absolute atomic E-state index is 0.0112. The second-order valence-electron chi connectivity index (χ2n) is 7.03. The Hall–Kier alpha value is -4.35. The molecule has 12 heteroatoms. The maximum absolute atomic E-state index is 13.1. The summed E-state index contributed by atoms with van der Waals surface area (Å²) in [6, 6.07) is 7.68. The molecular formula is C21H16F3N7O2. The van der Waals surface area contributed by atoms with E-state index in [1.165, 1.54) is 54.2 Å². The zero-order chi connectivity index (χ0) is 23.8. The number of Topliss-reactive ketones (excluding diaryl/α,β-unsaturated/α-hetero) is 1. The molecule has 1 N–H and O–H groups in total. The molecule has 0 atom stereocenters. The summed E-state index contributed by atoms with van der Waals surface area (Å²) in [6.45, 7) is 3.02. The Morgan fingerprint density at radius 1 is 1.09 bits per heavy atom. The Morgan fingerprint density at radius 3 is 2.52 bits per heavy atom. The fourth-order valence-corrected chi connectivity index (χ4v) is 3.26. The second kappa shape index (κ2) is 8.30. The average molecular weight is 455 g/mol. The highest BCUT2D eigenvalue weighted by Crippen LogP contribution is 2.31. The van der Waals surface area contributed by atoms with Crippen LogP contribution in [-0.2, 0) is 11.0 Å². The van der Waals surface area contributed by atoms with E-state index in [1.807, 2.05) is 0 Å². The van der Waals surface area contributed by atoms with Gasteiger partial charge in [-0.1, -0.05) is 6.07 Å². The minimum atomic E-state index is -4.53. The first-order chi connectivity index (χ1) is 15.6. The molecule has 0 unspecified atom stereocenters. The molecular weight excluding hydrogens is 439 g/mol. The number of hydrogen-bond acceptors (Lipinski definition) is 6. The molecule has 0 fully saturated rings. The van der Waals surface area contributed by atoms with E-state index in [4.69, 9.17) is 0 Å². The molecule has 0 bridgehead atoms. The van der Waals surface area contributed by atoms with Gasteiger partial charge in [0.25, 0.3) is 11.7 Å². The number of halogens is 3. The lowest BCUT2D eigenvalue weighted by molar-refractivity contribution is -0.137. The summed E-state index contributed by atoms with van der Waals surface area (Å²) in [4.78, 5) is 33.3. The molecule has 168 valence electrons. The Morgan fingerprint density at radius 2 is 1.88 bits per heavy atom. The SMILES string of the molecule is Cc1nn(-c2cccc(C(F)(F)F)c2)c(C)c1C(=O)C(=O)Nc1ccc(-n2cncn2)nc1. The minimum Gasteiger partial charge on any atom is -0.318 e. The second-order valence-corrected chi connectivity index (χ2v) is 7.03. The Kier molecular flexibility index (Phi) is 5.50. The summed E-state index contributed by atoms with van der Waals surface area (Å²) in [5.41, 5.74) is 0.0176. The number of aryl methyl sites for hydroxylation is 1. The number of aromatic nitrogens is 6. The largest absolute Gasteiger partial charge is 0.416 e. The first-order valence-electron chi connectivity index (χ1n) is 9.55. The number of alkyl halides is 3. The number of hydrogen-bond donors (Lipinski definition) is 1. The van der Waals surface area contributed by atoms with Crippen LogP contribution in [0.1, 0.15) is 27.3 Å². The van der Waals surface area contributed by atoms with Crippen LogP contribution in [0.5, 0.6) is 0 Å². The molecule has 9 nitrogen and oxygen atoms in total. The Labute approximate surface area is 184 Å². The third kappa shape index (κ3) is 4.35. The van der Waals surface area contributed by atoms with Crippen molar-refractivity contribution < 1.29 is 22.8 Å². The van der Waals surface area contributed by atoms with Crippen LogP contribution in [0.3, 0.4) is 0 Å². The molecule has 0 aliphatic heterocycles. The maximum Gasteiger partial charge on any atom is 0.416 e. The van der Waals surface area contributed by atoms with Crippen molar-refractivity contribution in [2.75, 3.05) is 5.32 Å². The number of amides is 1.